The highest BCUT2D eigenvalue weighted by Gasteiger charge is 2.17. The zero-order chi connectivity index (χ0) is 13.1. The van der Waals surface area contributed by atoms with Gasteiger partial charge in [0.25, 0.3) is 0 Å². The molecule has 3 nitrogen and oxygen atoms in total. The molecule has 1 aromatic rings. The van der Waals surface area contributed by atoms with E-state index in [9.17, 15) is 0 Å². The molecular weight excluding hydrogens is 234 g/mol. The number of nitrogens with one attached hydrogen (secondary N) is 1. The highest BCUT2D eigenvalue weighted by molar-refractivity contribution is 5.56. The monoisotopic (exact) mass is 259 g/mol. The number of hydrogen-bond acceptors (Lipinski definition) is 3. The van der Waals surface area contributed by atoms with Crippen molar-refractivity contribution in [2.45, 2.75) is 26.3 Å². The Morgan fingerprint density at radius 3 is 2.53 bits per heavy atom. The molecule has 1 N–H and O–H groups in total. The van der Waals surface area contributed by atoms with E-state index in [4.69, 9.17) is 0 Å². The van der Waals surface area contributed by atoms with Crippen LogP contribution in [0.5, 0.6) is 0 Å². The second-order valence-corrected chi connectivity index (χ2v) is 5.78. The first-order valence-electron chi connectivity index (χ1n) is 7.61. The lowest BCUT2D eigenvalue weighted by Gasteiger charge is -2.29. The Morgan fingerprint density at radius 1 is 1.05 bits per heavy atom. The smallest absolute Gasteiger partial charge is 0.0399 e. The maximum atomic E-state index is 3.42. The van der Waals surface area contributed by atoms with Crippen molar-refractivity contribution in [1.29, 1.82) is 0 Å². The Morgan fingerprint density at radius 2 is 1.79 bits per heavy atom. The predicted molar refractivity (Wildman–Crippen MR) is 80.8 cm³/mol. The molecule has 2 aliphatic rings. The van der Waals surface area contributed by atoms with E-state index in [0.29, 0.717) is 0 Å². The van der Waals surface area contributed by atoms with Gasteiger partial charge in [-0.2, -0.15) is 0 Å². The van der Waals surface area contributed by atoms with Crippen LogP contribution >= 0.6 is 0 Å². The second-order valence-electron chi connectivity index (χ2n) is 5.78. The van der Waals surface area contributed by atoms with E-state index in [0.717, 1.165) is 19.6 Å². The zero-order valence-corrected chi connectivity index (χ0v) is 12.0. The van der Waals surface area contributed by atoms with E-state index in [1.54, 1.807) is 0 Å². The Hall–Kier alpha value is -1.06. The normalized spacial score (nSPS) is 21.0. The maximum absolute atomic E-state index is 3.42. The SMILES string of the molecule is Cc1c(CN2CCNCC2)cccc1N1CCCC1. The van der Waals surface area contributed by atoms with Gasteiger partial charge < -0.3 is 10.2 Å². The van der Waals surface area contributed by atoms with Crippen molar-refractivity contribution in [1.82, 2.24) is 10.2 Å². The molecule has 0 atom stereocenters. The molecular formula is C16H25N3. The summed E-state index contributed by atoms with van der Waals surface area (Å²) < 4.78 is 0. The van der Waals surface area contributed by atoms with E-state index in [1.807, 2.05) is 0 Å². The fourth-order valence-electron chi connectivity index (χ4n) is 3.25. The van der Waals surface area contributed by atoms with Crippen molar-refractivity contribution in [3.63, 3.8) is 0 Å². The fraction of sp³-hybridized carbons (Fsp3) is 0.625. The van der Waals surface area contributed by atoms with E-state index in [-0.39, 0.29) is 0 Å². The van der Waals surface area contributed by atoms with Crippen LogP contribution in [0.15, 0.2) is 18.2 Å². The lowest BCUT2D eigenvalue weighted by molar-refractivity contribution is 0.233. The Labute approximate surface area is 116 Å². The summed E-state index contributed by atoms with van der Waals surface area (Å²) in [5, 5.41) is 3.42. The lowest BCUT2D eigenvalue weighted by atomic mass is 10.0. The number of piperazine rings is 1. The molecule has 0 spiro atoms. The highest BCUT2D eigenvalue weighted by Crippen LogP contribution is 2.27. The van der Waals surface area contributed by atoms with Crippen LogP contribution in [0, 0.1) is 6.92 Å². The summed E-state index contributed by atoms with van der Waals surface area (Å²) in [7, 11) is 0. The molecule has 0 amide bonds. The molecule has 0 aromatic heterocycles. The molecule has 2 saturated heterocycles. The third kappa shape index (κ3) is 2.93. The molecule has 2 heterocycles. The minimum absolute atomic E-state index is 1.11. The maximum Gasteiger partial charge on any atom is 0.0399 e. The van der Waals surface area contributed by atoms with Crippen molar-refractivity contribution in [3.05, 3.63) is 29.3 Å². The minimum atomic E-state index is 1.11. The minimum Gasteiger partial charge on any atom is -0.371 e. The summed E-state index contributed by atoms with van der Waals surface area (Å²) >= 11 is 0. The van der Waals surface area contributed by atoms with Crippen molar-refractivity contribution in [2.75, 3.05) is 44.2 Å². The number of rotatable bonds is 3. The molecule has 2 fully saturated rings. The van der Waals surface area contributed by atoms with Gasteiger partial charge >= 0.3 is 0 Å². The Kier molecular flexibility index (Phi) is 4.04. The van der Waals surface area contributed by atoms with Crippen LogP contribution in [0.2, 0.25) is 0 Å². The molecule has 0 aliphatic carbocycles. The molecule has 104 valence electrons. The quantitative estimate of drug-likeness (QED) is 0.896. The van der Waals surface area contributed by atoms with Crippen molar-refractivity contribution < 1.29 is 0 Å². The molecule has 0 radical (unpaired) electrons. The topological polar surface area (TPSA) is 18.5 Å². The van der Waals surface area contributed by atoms with Gasteiger partial charge in [-0.25, -0.2) is 0 Å². The average molecular weight is 259 g/mol. The van der Waals surface area contributed by atoms with Crippen LogP contribution in [-0.4, -0.2) is 44.2 Å². The first kappa shape index (κ1) is 12.9. The average Bonchev–Trinajstić information content (AvgIpc) is 2.96. The van der Waals surface area contributed by atoms with Gasteiger partial charge in [-0.05, 0) is 37.0 Å². The number of nitrogens with zero attached hydrogens (tertiary/aromatic N) is 2. The Bertz CT molecular complexity index is 418. The molecule has 2 aliphatic heterocycles. The third-order valence-electron chi connectivity index (χ3n) is 4.47. The molecule has 3 heteroatoms. The predicted octanol–water partition coefficient (Wildman–Crippen LogP) is 2.00. The van der Waals surface area contributed by atoms with Crippen LogP contribution in [0.1, 0.15) is 24.0 Å². The summed E-state index contributed by atoms with van der Waals surface area (Å²) in [5.41, 5.74) is 4.46. The summed E-state index contributed by atoms with van der Waals surface area (Å²) in [5.74, 6) is 0. The van der Waals surface area contributed by atoms with Crippen LogP contribution in [0.25, 0.3) is 0 Å². The summed E-state index contributed by atoms with van der Waals surface area (Å²) in [6, 6.07) is 6.83. The van der Waals surface area contributed by atoms with Gasteiger partial charge in [-0.1, -0.05) is 12.1 Å². The number of hydrogen-bond donors (Lipinski definition) is 1. The summed E-state index contributed by atoms with van der Waals surface area (Å²) in [4.78, 5) is 5.11. The fourth-order valence-corrected chi connectivity index (χ4v) is 3.25. The first-order chi connectivity index (χ1) is 9.34. The molecule has 0 saturated carbocycles. The highest BCUT2D eigenvalue weighted by atomic mass is 15.2. The van der Waals surface area contributed by atoms with E-state index < -0.39 is 0 Å². The van der Waals surface area contributed by atoms with E-state index in [1.165, 1.54) is 55.8 Å². The van der Waals surface area contributed by atoms with Gasteiger partial charge in [0.1, 0.15) is 0 Å². The van der Waals surface area contributed by atoms with Gasteiger partial charge in [0.2, 0.25) is 0 Å². The lowest BCUT2D eigenvalue weighted by Crippen LogP contribution is -2.43. The van der Waals surface area contributed by atoms with Crippen molar-refractivity contribution in [3.8, 4) is 0 Å². The standard InChI is InChI=1S/C16H25N3/c1-14-15(13-18-11-7-17-8-12-18)5-4-6-16(14)19-9-2-3-10-19/h4-6,17H,2-3,7-13H2,1H3. The largest absolute Gasteiger partial charge is 0.371 e. The van der Waals surface area contributed by atoms with Gasteiger partial charge in [0.15, 0.2) is 0 Å². The van der Waals surface area contributed by atoms with E-state index >= 15 is 0 Å². The van der Waals surface area contributed by atoms with Gasteiger partial charge in [-0.15, -0.1) is 0 Å². The summed E-state index contributed by atoms with van der Waals surface area (Å²) in [6.07, 6.45) is 2.70. The van der Waals surface area contributed by atoms with Crippen LogP contribution in [-0.2, 0) is 6.54 Å². The second kappa shape index (κ2) is 5.93. The van der Waals surface area contributed by atoms with Gasteiger partial charge in [-0.3, -0.25) is 4.90 Å². The number of anilines is 1. The number of benzene rings is 1. The third-order valence-corrected chi connectivity index (χ3v) is 4.47. The molecule has 0 bridgehead atoms. The molecule has 1 aromatic carbocycles. The Balaban J connectivity index is 1.75. The zero-order valence-electron chi connectivity index (χ0n) is 12.0. The van der Waals surface area contributed by atoms with Crippen LogP contribution in [0.3, 0.4) is 0 Å². The van der Waals surface area contributed by atoms with Crippen molar-refractivity contribution in [2.24, 2.45) is 0 Å². The summed E-state index contributed by atoms with van der Waals surface area (Å²) in [6.45, 7) is 10.5. The van der Waals surface area contributed by atoms with Gasteiger partial charge in [0, 0.05) is 51.5 Å². The van der Waals surface area contributed by atoms with Crippen molar-refractivity contribution >= 4 is 5.69 Å². The molecule has 3 rings (SSSR count). The molecule has 0 unspecified atom stereocenters. The molecule has 19 heavy (non-hydrogen) atoms. The van der Waals surface area contributed by atoms with Crippen LogP contribution < -0.4 is 10.2 Å². The van der Waals surface area contributed by atoms with Gasteiger partial charge in [0.05, 0.1) is 0 Å². The first-order valence-corrected chi connectivity index (χ1v) is 7.61. The van der Waals surface area contributed by atoms with Crippen LogP contribution in [0.4, 0.5) is 5.69 Å². The van der Waals surface area contributed by atoms with E-state index in [2.05, 4.69) is 40.2 Å².